The molecule has 2 aromatic carbocycles. The van der Waals surface area contributed by atoms with Gasteiger partial charge in [-0.05, 0) is 54.7 Å². The van der Waals surface area contributed by atoms with Crippen molar-refractivity contribution in [3.8, 4) is 0 Å². The van der Waals surface area contributed by atoms with Crippen molar-refractivity contribution in [2.24, 2.45) is 5.92 Å². The summed E-state index contributed by atoms with van der Waals surface area (Å²) in [5, 5.41) is 0. The van der Waals surface area contributed by atoms with E-state index in [-0.39, 0.29) is 17.6 Å². The van der Waals surface area contributed by atoms with Crippen molar-refractivity contribution in [3.63, 3.8) is 0 Å². The number of sulfonamides is 1. The fraction of sp³-hybridized carbons (Fsp3) is 0.350. The fourth-order valence-electron chi connectivity index (χ4n) is 3.27. The summed E-state index contributed by atoms with van der Waals surface area (Å²) >= 11 is 0. The number of hydrogen-bond acceptors (Lipinski definition) is 3. The summed E-state index contributed by atoms with van der Waals surface area (Å²) in [6.07, 6.45) is 1.68. The van der Waals surface area contributed by atoms with Gasteiger partial charge in [-0.1, -0.05) is 32.0 Å². The number of amides is 1. The lowest BCUT2D eigenvalue weighted by molar-refractivity contribution is 0.0985. The highest BCUT2D eigenvalue weighted by Crippen LogP contribution is 2.31. The Bertz CT molecular complexity index is 893. The van der Waals surface area contributed by atoms with Gasteiger partial charge >= 0.3 is 0 Å². The van der Waals surface area contributed by atoms with Crippen molar-refractivity contribution in [2.45, 2.75) is 26.7 Å². The minimum Gasteiger partial charge on any atom is -0.308 e. The Labute approximate surface area is 155 Å². The molecule has 0 saturated carbocycles. The molecular formula is C20H24N2O3S. The van der Waals surface area contributed by atoms with Crippen LogP contribution in [-0.4, -0.2) is 26.6 Å². The maximum atomic E-state index is 12.8. The molecule has 1 aliphatic heterocycles. The molecule has 1 heterocycles. The van der Waals surface area contributed by atoms with Crippen LogP contribution in [0.4, 0.5) is 11.4 Å². The second kappa shape index (κ2) is 7.50. The van der Waals surface area contributed by atoms with Gasteiger partial charge in [-0.15, -0.1) is 0 Å². The molecule has 0 saturated heterocycles. The topological polar surface area (TPSA) is 66.5 Å². The molecule has 0 spiro atoms. The van der Waals surface area contributed by atoms with E-state index >= 15 is 0 Å². The number of carbonyl (C=O) groups excluding carboxylic acids is 1. The molecule has 1 N–H and O–H groups in total. The highest BCUT2D eigenvalue weighted by Gasteiger charge is 2.24. The summed E-state index contributed by atoms with van der Waals surface area (Å²) in [6.45, 7) is 4.41. The number of nitrogens with one attached hydrogen (secondary N) is 1. The van der Waals surface area contributed by atoms with Crippen LogP contribution in [0, 0.1) is 5.92 Å². The van der Waals surface area contributed by atoms with Gasteiger partial charge in [-0.2, -0.15) is 0 Å². The van der Waals surface area contributed by atoms with Crippen LogP contribution in [0.3, 0.4) is 0 Å². The number of rotatable bonds is 5. The summed E-state index contributed by atoms with van der Waals surface area (Å²) < 4.78 is 27.0. The van der Waals surface area contributed by atoms with Gasteiger partial charge < -0.3 is 4.90 Å². The normalized spacial score (nSPS) is 14.2. The molecule has 6 heteroatoms. The van der Waals surface area contributed by atoms with Gasteiger partial charge in [0.2, 0.25) is 10.0 Å². The zero-order chi connectivity index (χ0) is 18.7. The van der Waals surface area contributed by atoms with Gasteiger partial charge in [0.05, 0.1) is 5.75 Å². The summed E-state index contributed by atoms with van der Waals surface area (Å²) in [5.41, 5.74) is 3.06. The van der Waals surface area contributed by atoms with E-state index < -0.39 is 10.0 Å². The third-order valence-electron chi connectivity index (χ3n) is 4.29. The number of anilines is 2. The van der Waals surface area contributed by atoms with Crippen molar-refractivity contribution in [1.82, 2.24) is 0 Å². The first-order valence-electron chi connectivity index (χ1n) is 8.86. The standard InChI is InChI=1S/C20H24N2O3S/c1-15(2)14-26(24,25)21-18-10-11-19-17(13-18)9-6-12-22(19)20(23)16-7-4-3-5-8-16/h3-5,7-8,10-11,13,15,21H,6,9,12,14H2,1-2H3. The monoisotopic (exact) mass is 372 g/mol. The Morgan fingerprint density at radius 3 is 2.58 bits per heavy atom. The smallest absolute Gasteiger partial charge is 0.258 e. The number of fused-ring (bicyclic) bond motifs is 1. The van der Waals surface area contributed by atoms with Crippen molar-refractivity contribution in [1.29, 1.82) is 0 Å². The second-order valence-electron chi connectivity index (χ2n) is 7.05. The zero-order valence-corrected chi connectivity index (χ0v) is 15.9. The van der Waals surface area contributed by atoms with Crippen molar-refractivity contribution < 1.29 is 13.2 Å². The minimum atomic E-state index is -3.36. The molecule has 2 aromatic rings. The fourth-order valence-corrected chi connectivity index (χ4v) is 4.72. The molecule has 0 radical (unpaired) electrons. The molecule has 0 bridgehead atoms. The van der Waals surface area contributed by atoms with E-state index in [0.29, 0.717) is 17.8 Å². The summed E-state index contributed by atoms with van der Waals surface area (Å²) in [4.78, 5) is 14.6. The maximum absolute atomic E-state index is 12.8. The molecule has 138 valence electrons. The van der Waals surface area contributed by atoms with Gasteiger partial charge in [0, 0.05) is 23.5 Å². The van der Waals surface area contributed by atoms with Crippen LogP contribution < -0.4 is 9.62 Å². The van der Waals surface area contributed by atoms with E-state index in [1.54, 1.807) is 11.0 Å². The first kappa shape index (κ1) is 18.5. The first-order valence-corrected chi connectivity index (χ1v) is 10.5. The maximum Gasteiger partial charge on any atom is 0.258 e. The molecule has 1 amide bonds. The van der Waals surface area contributed by atoms with Crippen LogP contribution in [0.25, 0.3) is 0 Å². The van der Waals surface area contributed by atoms with Crippen LogP contribution in [0.1, 0.15) is 36.2 Å². The van der Waals surface area contributed by atoms with E-state index in [2.05, 4.69) is 4.72 Å². The molecule has 3 rings (SSSR count). The number of carbonyl (C=O) groups is 1. The lowest BCUT2D eigenvalue weighted by Crippen LogP contribution is -2.35. The lowest BCUT2D eigenvalue weighted by atomic mass is 10.00. The van der Waals surface area contributed by atoms with E-state index in [9.17, 15) is 13.2 Å². The average Bonchev–Trinajstić information content (AvgIpc) is 2.59. The summed E-state index contributed by atoms with van der Waals surface area (Å²) in [6, 6.07) is 14.6. The van der Waals surface area contributed by atoms with Crippen molar-refractivity contribution in [2.75, 3.05) is 21.9 Å². The lowest BCUT2D eigenvalue weighted by Gasteiger charge is -2.30. The predicted molar refractivity (Wildman–Crippen MR) is 105 cm³/mol. The Kier molecular flexibility index (Phi) is 5.32. The highest BCUT2D eigenvalue weighted by molar-refractivity contribution is 7.92. The predicted octanol–water partition coefficient (Wildman–Crippen LogP) is 3.68. The molecule has 26 heavy (non-hydrogen) atoms. The number of benzene rings is 2. The number of aryl methyl sites for hydroxylation is 1. The molecule has 1 aliphatic rings. The van der Waals surface area contributed by atoms with Crippen LogP contribution in [0.15, 0.2) is 48.5 Å². The Hall–Kier alpha value is -2.34. The average molecular weight is 372 g/mol. The van der Waals surface area contributed by atoms with Crippen LogP contribution >= 0.6 is 0 Å². The van der Waals surface area contributed by atoms with Gasteiger partial charge in [-0.25, -0.2) is 8.42 Å². The molecule has 5 nitrogen and oxygen atoms in total. The first-order chi connectivity index (χ1) is 12.4. The van der Waals surface area contributed by atoms with E-state index in [1.807, 2.05) is 56.3 Å². The van der Waals surface area contributed by atoms with Crippen LogP contribution in [0.2, 0.25) is 0 Å². The van der Waals surface area contributed by atoms with Gasteiger partial charge in [0.1, 0.15) is 0 Å². The van der Waals surface area contributed by atoms with E-state index in [1.165, 1.54) is 0 Å². The molecule has 0 atom stereocenters. The third-order valence-corrected chi connectivity index (χ3v) is 5.94. The molecule has 0 fully saturated rings. The largest absolute Gasteiger partial charge is 0.308 e. The Morgan fingerprint density at radius 2 is 1.88 bits per heavy atom. The quantitative estimate of drug-likeness (QED) is 0.871. The van der Waals surface area contributed by atoms with Gasteiger partial charge in [-0.3, -0.25) is 9.52 Å². The summed E-state index contributed by atoms with van der Waals surface area (Å²) in [7, 11) is -3.36. The SMILES string of the molecule is CC(C)CS(=O)(=O)Nc1ccc2c(c1)CCCN2C(=O)c1ccccc1. The van der Waals surface area contributed by atoms with E-state index in [4.69, 9.17) is 0 Å². The third kappa shape index (κ3) is 4.25. The van der Waals surface area contributed by atoms with E-state index in [0.717, 1.165) is 24.1 Å². The Morgan fingerprint density at radius 1 is 1.15 bits per heavy atom. The number of hydrogen-bond donors (Lipinski definition) is 1. The molecule has 0 aliphatic carbocycles. The highest BCUT2D eigenvalue weighted by atomic mass is 32.2. The van der Waals surface area contributed by atoms with Crippen molar-refractivity contribution in [3.05, 3.63) is 59.7 Å². The number of nitrogens with zero attached hydrogens (tertiary/aromatic N) is 1. The minimum absolute atomic E-state index is 0.0281. The molecular weight excluding hydrogens is 348 g/mol. The van der Waals surface area contributed by atoms with Gasteiger partial charge in [0.25, 0.3) is 5.91 Å². The molecule has 0 aromatic heterocycles. The van der Waals surface area contributed by atoms with Crippen molar-refractivity contribution >= 4 is 27.3 Å². The second-order valence-corrected chi connectivity index (χ2v) is 8.81. The van der Waals surface area contributed by atoms with Gasteiger partial charge in [0.15, 0.2) is 0 Å². The van der Waals surface area contributed by atoms with Crippen LogP contribution in [-0.2, 0) is 16.4 Å². The Balaban J connectivity index is 1.85. The van der Waals surface area contributed by atoms with Crippen LogP contribution in [0.5, 0.6) is 0 Å². The zero-order valence-electron chi connectivity index (χ0n) is 15.1. The molecule has 0 unspecified atom stereocenters. The summed E-state index contributed by atoms with van der Waals surface area (Å²) in [5.74, 6) is 0.117.